The van der Waals surface area contributed by atoms with Gasteiger partial charge in [-0.2, -0.15) is 0 Å². The van der Waals surface area contributed by atoms with Gasteiger partial charge >= 0.3 is 0 Å². The molecule has 4 aromatic heterocycles. The summed E-state index contributed by atoms with van der Waals surface area (Å²) in [6, 6.07) is 79.5. The Morgan fingerprint density at radius 3 is 1.86 bits per heavy atom. The molecule has 0 N–H and O–H groups in total. The summed E-state index contributed by atoms with van der Waals surface area (Å²) in [5.41, 5.74) is 22.8. The minimum atomic E-state index is -0.253. The van der Waals surface area contributed by atoms with Crippen LogP contribution in [0.4, 0.5) is 0 Å². The van der Waals surface area contributed by atoms with Crippen molar-refractivity contribution < 1.29 is 13.7 Å². The predicted octanol–water partition coefficient (Wildman–Crippen LogP) is 20.4. The molecule has 5 heterocycles. The third-order valence-electron chi connectivity index (χ3n) is 17.2. The lowest BCUT2D eigenvalue weighted by Gasteiger charge is -2.26. The van der Waals surface area contributed by atoms with Gasteiger partial charge in [-0.25, -0.2) is 4.98 Å². The highest BCUT2D eigenvalue weighted by atomic mass is 16.5. The first-order valence-electron chi connectivity index (χ1n) is 29.2. The summed E-state index contributed by atoms with van der Waals surface area (Å²) < 4.78 is 20.3. The fourth-order valence-electron chi connectivity index (χ4n) is 12.9. The van der Waals surface area contributed by atoms with Crippen LogP contribution >= 0.6 is 0 Å². The Balaban J connectivity index is 0.963. The molecule has 10 aromatic carbocycles. The number of furan rings is 1. The fraction of sp³-hybridized carbons (Fsp3) is 0.154. The van der Waals surface area contributed by atoms with Gasteiger partial charge in [0.1, 0.15) is 28.5 Å². The average molecular weight is 1090 g/mol. The van der Waals surface area contributed by atoms with Crippen LogP contribution in [-0.4, -0.2) is 14.1 Å². The van der Waals surface area contributed by atoms with Gasteiger partial charge in [-0.1, -0.05) is 196 Å². The van der Waals surface area contributed by atoms with Crippen LogP contribution in [0.1, 0.15) is 79.0 Å². The molecule has 6 nitrogen and oxygen atoms in total. The van der Waals surface area contributed by atoms with Crippen LogP contribution in [0.15, 0.2) is 229 Å². The molecule has 0 aliphatic carbocycles. The molecule has 0 saturated carbocycles. The van der Waals surface area contributed by atoms with Crippen molar-refractivity contribution in [2.24, 2.45) is 0 Å². The van der Waals surface area contributed by atoms with E-state index in [4.69, 9.17) is 14.1 Å². The van der Waals surface area contributed by atoms with Crippen molar-refractivity contribution in [2.75, 3.05) is 0 Å². The lowest BCUT2D eigenvalue weighted by atomic mass is 9.81. The fourth-order valence-corrected chi connectivity index (χ4v) is 12.9. The van der Waals surface area contributed by atoms with Gasteiger partial charge < -0.3 is 9.15 Å². The van der Waals surface area contributed by atoms with E-state index in [9.17, 15) is 0 Å². The molecule has 15 rings (SSSR count). The Bertz CT molecular complexity index is 4990. The summed E-state index contributed by atoms with van der Waals surface area (Å²) in [7, 11) is 0. The molecular formula is C78H64N4O2. The molecule has 0 unspecified atom stereocenters. The van der Waals surface area contributed by atoms with Gasteiger partial charge in [0, 0.05) is 33.8 Å². The van der Waals surface area contributed by atoms with Gasteiger partial charge in [-0.15, -0.1) is 0 Å². The number of benzene rings is 10. The van der Waals surface area contributed by atoms with Gasteiger partial charge in [0.2, 0.25) is 0 Å². The Morgan fingerprint density at radius 2 is 1.06 bits per heavy atom. The summed E-state index contributed by atoms with van der Waals surface area (Å²) in [5.74, 6) is 2.31. The monoisotopic (exact) mass is 1090 g/mol. The molecular weight excluding hydrogens is 1020 g/mol. The molecule has 0 atom stereocenters. The van der Waals surface area contributed by atoms with Gasteiger partial charge in [0.05, 0.1) is 33.4 Å². The highest BCUT2D eigenvalue weighted by molar-refractivity contribution is 6.10. The Labute approximate surface area is 490 Å². The molecule has 1 aliphatic heterocycles. The molecule has 84 heavy (non-hydrogen) atoms. The van der Waals surface area contributed by atoms with Gasteiger partial charge in [0.25, 0.3) is 6.33 Å². The molecule has 0 spiro atoms. The van der Waals surface area contributed by atoms with Crippen molar-refractivity contribution in [1.82, 2.24) is 14.1 Å². The molecule has 0 bridgehead atoms. The quantitative estimate of drug-likeness (QED) is 0.123. The number of nitrogens with zero attached hydrogens (tertiary/aromatic N) is 4. The van der Waals surface area contributed by atoms with Crippen LogP contribution in [-0.2, 0) is 16.2 Å². The van der Waals surface area contributed by atoms with E-state index < -0.39 is 0 Å². The van der Waals surface area contributed by atoms with Gasteiger partial charge in [-0.05, 0) is 167 Å². The van der Waals surface area contributed by atoms with Crippen LogP contribution in [0.3, 0.4) is 0 Å². The highest BCUT2D eigenvalue weighted by Gasteiger charge is 2.30. The van der Waals surface area contributed by atoms with E-state index in [1.807, 2.05) is 24.4 Å². The van der Waals surface area contributed by atoms with Crippen LogP contribution < -0.4 is 9.30 Å². The summed E-state index contributed by atoms with van der Waals surface area (Å²) in [4.78, 5) is 4.96. The van der Waals surface area contributed by atoms with Crippen molar-refractivity contribution in [3.05, 3.63) is 248 Å². The normalized spacial score (nSPS) is 12.6. The minimum Gasteiger partial charge on any atom is -0.458 e. The molecule has 6 heteroatoms. The smallest absolute Gasteiger partial charge is 0.269 e. The molecule has 0 fully saturated rings. The molecule has 408 valence electrons. The maximum Gasteiger partial charge on any atom is 0.269 e. The molecule has 0 saturated heterocycles. The second-order valence-electron chi connectivity index (χ2n) is 25.8. The molecule has 1 aliphatic rings. The number of imidazole rings is 1. The van der Waals surface area contributed by atoms with Gasteiger partial charge in [0.15, 0.2) is 0 Å². The van der Waals surface area contributed by atoms with E-state index in [-0.39, 0.29) is 16.2 Å². The van der Waals surface area contributed by atoms with Crippen molar-refractivity contribution in [3.63, 3.8) is 0 Å². The van der Waals surface area contributed by atoms with Crippen LogP contribution in [0.5, 0.6) is 11.5 Å². The average Bonchev–Trinajstić information content (AvgIpc) is 2.19. The second kappa shape index (κ2) is 18.9. The van der Waals surface area contributed by atoms with E-state index in [2.05, 4.69) is 283 Å². The van der Waals surface area contributed by atoms with E-state index in [0.717, 1.165) is 117 Å². The zero-order chi connectivity index (χ0) is 57.4. The minimum absolute atomic E-state index is 0.0436. The Kier molecular flexibility index (Phi) is 11.5. The Morgan fingerprint density at radius 1 is 0.417 bits per heavy atom. The zero-order valence-corrected chi connectivity index (χ0v) is 49.0. The number of para-hydroxylation sites is 3. The van der Waals surface area contributed by atoms with Crippen molar-refractivity contribution in [1.29, 1.82) is 0 Å². The highest BCUT2D eigenvalue weighted by Crippen LogP contribution is 2.48. The Hall–Kier alpha value is -9.78. The van der Waals surface area contributed by atoms with Crippen molar-refractivity contribution in [2.45, 2.75) is 78.6 Å². The number of hydrogen-bond acceptors (Lipinski definition) is 3. The SMILES string of the molecule is CC(C)(C)c1ccc(-c2ccc3c(c2)-c2cccc(C(C)(C)C)c2-[n+]2[c-]n(-c4cccc(Oc5ccc6c7ccccc7n(-c7cc(C(C)(C)C)ccn7)c6c5)c4)c4cc(-c5ccc6oc7ccccc7c6c5)cc(c42)-c2ccccc2-3)cc1. The summed E-state index contributed by atoms with van der Waals surface area (Å²) in [6.45, 7) is 20.5. The molecule has 14 aromatic rings. The van der Waals surface area contributed by atoms with E-state index in [1.165, 1.54) is 33.4 Å². The summed E-state index contributed by atoms with van der Waals surface area (Å²) >= 11 is 0. The zero-order valence-electron chi connectivity index (χ0n) is 49.0. The predicted molar refractivity (Wildman–Crippen MR) is 346 cm³/mol. The van der Waals surface area contributed by atoms with Crippen LogP contribution in [0.2, 0.25) is 0 Å². The van der Waals surface area contributed by atoms with Crippen molar-refractivity contribution in [3.8, 4) is 84.3 Å². The third kappa shape index (κ3) is 8.45. The van der Waals surface area contributed by atoms with E-state index >= 15 is 0 Å². The standard InChI is InChI=1S/C78H64N4O2/c1-76(2,3)52-32-28-48(29-33-52)49-30-35-59-57-20-10-11-21-58(57)66-42-51(50-31-37-72-65(41-50)62-23-13-15-27-71(62)84-72)43-70-75(66)81(74-63(64(59)40-49)24-17-25-67(74)78(7,8)9)47-80(70)54-18-16-19-55(45-54)83-56-34-36-61-60-22-12-14-26-68(60)82(69(61)46-56)73-44-53(38-39-79-73)77(4,5)6/h10-46H,1-9H3. The number of hydrogen-bond donors (Lipinski definition) is 0. The number of rotatable bonds is 6. The first kappa shape index (κ1) is 51.1. The summed E-state index contributed by atoms with van der Waals surface area (Å²) in [6.07, 6.45) is 6.02. The summed E-state index contributed by atoms with van der Waals surface area (Å²) in [5, 5.41) is 4.48. The second-order valence-corrected chi connectivity index (χ2v) is 25.8. The van der Waals surface area contributed by atoms with Crippen LogP contribution in [0, 0.1) is 6.33 Å². The number of ether oxygens (including phenoxy) is 1. The van der Waals surface area contributed by atoms with Crippen molar-refractivity contribution >= 4 is 54.8 Å². The first-order valence-corrected chi connectivity index (χ1v) is 29.2. The first-order chi connectivity index (χ1) is 40.5. The lowest BCUT2D eigenvalue weighted by Crippen LogP contribution is -2.35. The van der Waals surface area contributed by atoms with Gasteiger partial charge in [-0.3, -0.25) is 13.7 Å². The number of fused-ring (bicyclic) bond motifs is 13. The molecule has 0 radical (unpaired) electrons. The van der Waals surface area contributed by atoms with E-state index in [0.29, 0.717) is 5.75 Å². The third-order valence-corrected chi connectivity index (χ3v) is 17.2. The van der Waals surface area contributed by atoms with Crippen LogP contribution in [0.25, 0.3) is 128 Å². The maximum absolute atomic E-state index is 7.01. The largest absolute Gasteiger partial charge is 0.458 e. The maximum atomic E-state index is 7.01. The lowest BCUT2D eigenvalue weighted by molar-refractivity contribution is -0.572. The number of aromatic nitrogens is 4. The van der Waals surface area contributed by atoms with E-state index in [1.54, 1.807) is 0 Å². The number of pyridine rings is 1. The molecule has 0 amide bonds. The topological polar surface area (TPSA) is 49.0 Å².